The molecule has 3 nitrogen and oxygen atoms in total. The van der Waals surface area contributed by atoms with Gasteiger partial charge in [-0.15, -0.1) is 12.4 Å². The number of halogens is 2. The molecule has 0 aliphatic carbocycles. The molecular formula is C16H26BrClN2O. The minimum absolute atomic E-state index is 0. The highest BCUT2D eigenvalue weighted by molar-refractivity contribution is 9.10. The highest BCUT2D eigenvalue weighted by Gasteiger charge is 2.20. The molecule has 5 heteroatoms. The van der Waals surface area contributed by atoms with Gasteiger partial charge in [0.25, 0.3) is 0 Å². The van der Waals surface area contributed by atoms with E-state index in [0.717, 1.165) is 35.9 Å². The normalized spacial score (nSPS) is 15.8. The Morgan fingerprint density at radius 3 is 2.62 bits per heavy atom. The molecular weight excluding hydrogens is 352 g/mol. The molecule has 21 heavy (non-hydrogen) atoms. The van der Waals surface area contributed by atoms with Crippen LogP contribution < -0.4 is 10.1 Å². The second kappa shape index (κ2) is 9.67. The lowest BCUT2D eigenvalue weighted by Crippen LogP contribution is -2.43. The molecule has 0 saturated carbocycles. The van der Waals surface area contributed by atoms with E-state index in [4.69, 9.17) is 4.74 Å². The number of hydrogen-bond acceptors (Lipinski definition) is 3. The second-order valence-electron chi connectivity index (χ2n) is 5.42. The summed E-state index contributed by atoms with van der Waals surface area (Å²) in [5.74, 6) is 0.901. The van der Waals surface area contributed by atoms with Crippen LogP contribution in [0.25, 0.3) is 0 Å². The first-order chi connectivity index (χ1) is 9.74. The molecule has 1 N–H and O–H groups in total. The van der Waals surface area contributed by atoms with Crippen molar-refractivity contribution in [2.24, 2.45) is 0 Å². The van der Waals surface area contributed by atoms with Crippen molar-refractivity contribution in [1.82, 2.24) is 10.2 Å². The Morgan fingerprint density at radius 2 is 2.05 bits per heavy atom. The molecule has 1 saturated heterocycles. The third-order valence-corrected chi connectivity index (χ3v) is 4.56. The molecule has 0 unspecified atom stereocenters. The van der Waals surface area contributed by atoms with Crippen LogP contribution in [0.1, 0.15) is 31.7 Å². The van der Waals surface area contributed by atoms with Crippen molar-refractivity contribution in [2.75, 3.05) is 26.7 Å². The van der Waals surface area contributed by atoms with Gasteiger partial charge in [0, 0.05) is 12.6 Å². The number of hydrogen-bond donors (Lipinski definition) is 1. The Balaban J connectivity index is 0.00000220. The summed E-state index contributed by atoms with van der Waals surface area (Å²) < 4.78 is 6.34. The molecule has 1 aliphatic rings. The zero-order valence-electron chi connectivity index (χ0n) is 12.9. The van der Waals surface area contributed by atoms with Crippen molar-refractivity contribution in [2.45, 2.75) is 38.8 Å². The van der Waals surface area contributed by atoms with Crippen molar-refractivity contribution < 1.29 is 4.74 Å². The Labute approximate surface area is 143 Å². The predicted molar refractivity (Wildman–Crippen MR) is 94.5 cm³/mol. The fourth-order valence-electron chi connectivity index (χ4n) is 2.89. The third kappa shape index (κ3) is 5.44. The standard InChI is InChI=1S/C16H25BrN2O.ClH/c1-3-10-19(14-6-8-18-9-7-14)12-13-4-5-16(20-2)15(17)11-13;/h4-5,11,14,18H,3,6-10,12H2,1-2H3;1H. The van der Waals surface area contributed by atoms with Crippen molar-refractivity contribution in [3.8, 4) is 5.75 Å². The smallest absolute Gasteiger partial charge is 0.133 e. The lowest BCUT2D eigenvalue weighted by Gasteiger charge is -2.34. The maximum absolute atomic E-state index is 5.30. The van der Waals surface area contributed by atoms with Crippen molar-refractivity contribution in [3.05, 3.63) is 28.2 Å². The first-order valence-corrected chi connectivity index (χ1v) is 8.31. The highest BCUT2D eigenvalue weighted by Crippen LogP contribution is 2.26. The molecule has 0 amide bonds. The minimum Gasteiger partial charge on any atom is -0.496 e. The van der Waals surface area contributed by atoms with Crippen molar-refractivity contribution in [1.29, 1.82) is 0 Å². The van der Waals surface area contributed by atoms with Gasteiger partial charge >= 0.3 is 0 Å². The largest absolute Gasteiger partial charge is 0.496 e. The minimum atomic E-state index is 0. The number of nitrogens with one attached hydrogen (secondary N) is 1. The molecule has 120 valence electrons. The molecule has 1 aliphatic heterocycles. The second-order valence-corrected chi connectivity index (χ2v) is 6.27. The maximum atomic E-state index is 5.30. The Bertz CT molecular complexity index is 425. The summed E-state index contributed by atoms with van der Waals surface area (Å²) in [6.45, 7) is 6.77. The maximum Gasteiger partial charge on any atom is 0.133 e. The monoisotopic (exact) mass is 376 g/mol. The van der Waals surface area contributed by atoms with Gasteiger partial charge in [-0.1, -0.05) is 13.0 Å². The molecule has 1 fully saturated rings. The number of piperidine rings is 1. The van der Waals surface area contributed by atoms with E-state index in [1.165, 1.54) is 31.4 Å². The number of rotatable bonds is 6. The van der Waals surface area contributed by atoms with Crippen LogP contribution >= 0.6 is 28.3 Å². The van der Waals surface area contributed by atoms with E-state index in [-0.39, 0.29) is 12.4 Å². The van der Waals surface area contributed by atoms with Crippen LogP contribution in [0.5, 0.6) is 5.75 Å². The van der Waals surface area contributed by atoms with Gasteiger partial charge in [-0.2, -0.15) is 0 Å². The zero-order valence-corrected chi connectivity index (χ0v) is 15.3. The average Bonchev–Trinajstić information content (AvgIpc) is 2.48. The van der Waals surface area contributed by atoms with Crippen LogP contribution in [0, 0.1) is 0 Å². The van der Waals surface area contributed by atoms with Crippen LogP contribution in [0.3, 0.4) is 0 Å². The Hall–Kier alpha value is -0.290. The van der Waals surface area contributed by atoms with Gasteiger partial charge in [-0.25, -0.2) is 0 Å². The van der Waals surface area contributed by atoms with Crippen molar-refractivity contribution in [3.63, 3.8) is 0 Å². The van der Waals surface area contributed by atoms with Gasteiger partial charge < -0.3 is 10.1 Å². The lowest BCUT2D eigenvalue weighted by atomic mass is 10.0. The summed E-state index contributed by atoms with van der Waals surface area (Å²) in [5, 5.41) is 3.45. The number of nitrogens with zero attached hydrogens (tertiary/aromatic N) is 1. The Morgan fingerprint density at radius 1 is 1.33 bits per heavy atom. The molecule has 1 aromatic rings. The fraction of sp³-hybridized carbons (Fsp3) is 0.625. The van der Waals surface area contributed by atoms with Gasteiger partial charge in [-0.3, -0.25) is 4.90 Å². The number of ether oxygens (including phenoxy) is 1. The topological polar surface area (TPSA) is 24.5 Å². The molecule has 2 rings (SSSR count). The first kappa shape index (κ1) is 18.8. The quantitative estimate of drug-likeness (QED) is 0.815. The fourth-order valence-corrected chi connectivity index (χ4v) is 3.48. The van der Waals surface area contributed by atoms with E-state index in [2.05, 4.69) is 45.2 Å². The van der Waals surface area contributed by atoms with Crippen LogP contribution in [0.4, 0.5) is 0 Å². The van der Waals surface area contributed by atoms with Gasteiger partial charge in [0.2, 0.25) is 0 Å². The first-order valence-electron chi connectivity index (χ1n) is 7.51. The highest BCUT2D eigenvalue weighted by atomic mass is 79.9. The van der Waals surface area contributed by atoms with Crippen LogP contribution in [0.2, 0.25) is 0 Å². The predicted octanol–water partition coefficient (Wildman–Crippen LogP) is 3.84. The van der Waals surface area contributed by atoms with Crippen molar-refractivity contribution >= 4 is 28.3 Å². The van der Waals surface area contributed by atoms with E-state index in [9.17, 15) is 0 Å². The molecule has 1 heterocycles. The van der Waals surface area contributed by atoms with E-state index in [1.54, 1.807) is 7.11 Å². The Kier molecular flexibility index (Phi) is 8.64. The molecule has 0 bridgehead atoms. The van der Waals surface area contributed by atoms with Gasteiger partial charge in [-0.05, 0) is 72.5 Å². The van der Waals surface area contributed by atoms with Crippen LogP contribution in [0.15, 0.2) is 22.7 Å². The summed E-state index contributed by atoms with van der Waals surface area (Å²) in [4.78, 5) is 2.63. The lowest BCUT2D eigenvalue weighted by molar-refractivity contribution is 0.154. The summed E-state index contributed by atoms with van der Waals surface area (Å²) in [6.07, 6.45) is 3.73. The van der Waals surface area contributed by atoms with E-state index >= 15 is 0 Å². The van der Waals surface area contributed by atoms with Gasteiger partial charge in [0.1, 0.15) is 5.75 Å². The third-order valence-electron chi connectivity index (χ3n) is 3.94. The average molecular weight is 378 g/mol. The zero-order chi connectivity index (χ0) is 14.4. The SMILES string of the molecule is CCCN(Cc1ccc(OC)c(Br)c1)C1CCNCC1.Cl. The molecule has 0 atom stereocenters. The number of benzene rings is 1. The summed E-state index contributed by atoms with van der Waals surface area (Å²) in [5.41, 5.74) is 1.35. The summed E-state index contributed by atoms with van der Waals surface area (Å²) in [7, 11) is 1.71. The van der Waals surface area contributed by atoms with Crippen LogP contribution in [-0.4, -0.2) is 37.7 Å². The molecule has 0 spiro atoms. The summed E-state index contributed by atoms with van der Waals surface area (Å²) in [6, 6.07) is 7.12. The summed E-state index contributed by atoms with van der Waals surface area (Å²) >= 11 is 3.58. The van der Waals surface area contributed by atoms with E-state index < -0.39 is 0 Å². The van der Waals surface area contributed by atoms with Crippen LogP contribution in [-0.2, 0) is 6.54 Å². The molecule has 0 aromatic heterocycles. The molecule has 0 radical (unpaired) electrons. The molecule has 1 aromatic carbocycles. The number of methoxy groups -OCH3 is 1. The van der Waals surface area contributed by atoms with Gasteiger partial charge in [0.15, 0.2) is 0 Å². The van der Waals surface area contributed by atoms with Gasteiger partial charge in [0.05, 0.1) is 11.6 Å². The van der Waals surface area contributed by atoms with E-state index in [0.29, 0.717) is 0 Å². The van der Waals surface area contributed by atoms with E-state index in [1.807, 2.05) is 6.07 Å².